The average molecular weight is 623 g/mol. The number of amides is 2. The van der Waals surface area contributed by atoms with Crippen LogP contribution in [-0.2, 0) is 26.2 Å². The minimum Gasteiger partial charge on any atom is -0.497 e. The van der Waals surface area contributed by atoms with Crippen molar-refractivity contribution in [1.29, 1.82) is 0 Å². The number of rotatable bonds is 12. The Balaban J connectivity index is 1.71. The van der Waals surface area contributed by atoms with E-state index in [1.54, 1.807) is 19.1 Å². The Labute approximate surface area is 258 Å². The molecule has 0 heterocycles. The molecule has 44 heavy (non-hydrogen) atoms. The third-order valence-electron chi connectivity index (χ3n) is 7.92. The van der Waals surface area contributed by atoms with Crippen LogP contribution in [0.4, 0.5) is 11.4 Å². The number of aryl methyl sites for hydroxylation is 1. The van der Waals surface area contributed by atoms with Crippen molar-refractivity contribution in [1.82, 2.24) is 10.2 Å². The van der Waals surface area contributed by atoms with Crippen LogP contribution in [0.3, 0.4) is 0 Å². The van der Waals surface area contributed by atoms with Crippen LogP contribution in [0.1, 0.15) is 50.2 Å². The molecule has 1 N–H and O–H groups in total. The number of anilines is 1. The highest BCUT2D eigenvalue weighted by atomic mass is 32.2. The molecule has 1 saturated carbocycles. The molecule has 1 aliphatic rings. The lowest BCUT2D eigenvalue weighted by molar-refractivity contribution is -0.385. The zero-order chi connectivity index (χ0) is 31.9. The molecule has 2 amide bonds. The summed E-state index contributed by atoms with van der Waals surface area (Å²) in [6.45, 7) is 2.57. The van der Waals surface area contributed by atoms with Gasteiger partial charge in [0, 0.05) is 24.2 Å². The van der Waals surface area contributed by atoms with E-state index in [2.05, 4.69) is 5.32 Å². The number of hydrogen-bond donors (Lipinski definition) is 1. The molecular weight excluding hydrogens is 584 g/mol. The summed E-state index contributed by atoms with van der Waals surface area (Å²) in [5, 5.41) is 14.7. The Morgan fingerprint density at radius 3 is 2.30 bits per heavy atom. The third kappa shape index (κ3) is 7.73. The first-order valence-electron chi connectivity index (χ1n) is 14.6. The number of methoxy groups -OCH3 is 1. The summed E-state index contributed by atoms with van der Waals surface area (Å²) in [5.74, 6) is -0.447. The number of carbonyl (C=O) groups excluding carboxylic acids is 2. The maximum Gasteiger partial charge on any atom is 0.273 e. The Hall–Kier alpha value is -4.45. The number of ether oxygens (including phenoxy) is 1. The fourth-order valence-corrected chi connectivity index (χ4v) is 6.72. The largest absolute Gasteiger partial charge is 0.497 e. The highest BCUT2D eigenvalue weighted by Gasteiger charge is 2.34. The molecule has 0 aliphatic heterocycles. The van der Waals surface area contributed by atoms with Gasteiger partial charge < -0.3 is 15.0 Å². The van der Waals surface area contributed by atoms with Gasteiger partial charge in [-0.1, -0.05) is 55.7 Å². The van der Waals surface area contributed by atoms with Crippen LogP contribution in [0.5, 0.6) is 5.75 Å². The lowest BCUT2D eigenvalue weighted by Gasteiger charge is -2.33. The predicted molar refractivity (Wildman–Crippen MR) is 167 cm³/mol. The van der Waals surface area contributed by atoms with Gasteiger partial charge in [0.05, 0.1) is 22.6 Å². The van der Waals surface area contributed by atoms with Crippen molar-refractivity contribution in [3.8, 4) is 5.75 Å². The summed E-state index contributed by atoms with van der Waals surface area (Å²) in [6, 6.07) is 18.0. The minimum absolute atomic E-state index is 0.0286. The molecule has 11 nitrogen and oxygen atoms in total. The second-order valence-electron chi connectivity index (χ2n) is 10.9. The summed E-state index contributed by atoms with van der Waals surface area (Å²) in [7, 11) is -3.00. The molecule has 234 valence electrons. The second kappa shape index (κ2) is 14.3. The van der Waals surface area contributed by atoms with E-state index in [0.717, 1.165) is 48.0 Å². The molecule has 3 aromatic rings. The Kier molecular flexibility index (Phi) is 10.6. The van der Waals surface area contributed by atoms with Crippen molar-refractivity contribution in [3.63, 3.8) is 0 Å². The van der Waals surface area contributed by atoms with Gasteiger partial charge >= 0.3 is 0 Å². The zero-order valence-electron chi connectivity index (χ0n) is 25.1. The van der Waals surface area contributed by atoms with Gasteiger partial charge in [0.25, 0.3) is 15.7 Å². The highest BCUT2D eigenvalue weighted by Crippen LogP contribution is 2.29. The van der Waals surface area contributed by atoms with Gasteiger partial charge in [0.1, 0.15) is 18.3 Å². The van der Waals surface area contributed by atoms with Crippen molar-refractivity contribution in [2.45, 2.75) is 69.5 Å². The van der Waals surface area contributed by atoms with E-state index in [9.17, 15) is 28.1 Å². The highest BCUT2D eigenvalue weighted by molar-refractivity contribution is 7.92. The standard InChI is InChI=1S/C32H38N4O7S/c1-23-14-19-29(20-30(23)36(39)40)44(41,42)35(27-15-17-28(43-3)18-16-27)22-31(37)34(21-25-10-6-4-7-11-25)24(2)32(38)33-26-12-8-5-9-13-26/h4,6-7,10-11,14-20,24,26H,5,8-9,12-13,21-22H2,1-3H3,(H,33,38)/t24-/m1/s1. The van der Waals surface area contributed by atoms with Crippen LogP contribution in [0.2, 0.25) is 0 Å². The van der Waals surface area contributed by atoms with Crippen LogP contribution >= 0.6 is 0 Å². The topological polar surface area (TPSA) is 139 Å². The first-order chi connectivity index (χ1) is 21.0. The van der Waals surface area contributed by atoms with Gasteiger partial charge in [0.15, 0.2) is 0 Å². The number of nitro benzene ring substituents is 1. The first kappa shape index (κ1) is 32.5. The number of nitrogens with one attached hydrogen (secondary N) is 1. The SMILES string of the molecule is COc1ccc(N(CC(=O)N(Cc2ccccc2)[C@H](C)C(=O)NC2CCCCC2)S(=O)(=O)c2ccc(C)c([N+](=O)[O-])c2)cc1. The maximum absolute atomic E-state index is 14.1. The summed E-state index contributed by atoms with van der Waals surface area (Å²) < 4.78 is 34.3. The molecule has 0 bridgehead atoms. The first-order valence-corrected chi connectivity index (χ1v) is 16.0. The van der Waals surface area contributed by atoms with E-state index in [4.69, 9.17) is 4.74 Å². The Morgan fingerprint density at radius 2 is 1.68 bits per heavy atom. The molecule has 0 spiro atoms. The van der Waals surface area contributed by atoms with Crippen LogP contribution < -0.4 is 14.4 Å². The number of hydrogen-bond acceptors (Lipinski definition) is 7. The van der Waals surface area contributed by atoms with Gasteiger partial charge in [0.2, 0.25) is 11.8 Å². The van der Waals surface area contributed by atoms with E-state index in [1.165, 1.54) is 43.2 Å². The van der Waals surface area contributed by atoms with E-state index < -0.39 is 33.4 Å². The van der Waals surface area contributed by atoms with Gasteiger partial charge in [-0.15, -0.1) is 0 Å². The summed E-state index contributed by atoms with van der Waals surface area (Å²) in [4.78, 5) is 39.5. The molecule has 0 saturated heterocycles. The van der Waals surface area contributed by atoms with Crippen molar-refractivity contribution in [2.24, 2.45) is 0 Å². The van der Waals surface area contributed by atoms with Gasteiger partial charge in [-0.25, -0.2) is 8.42 Å². The molecular formula is C32H38N4O7S. The molecule has 1 aliphatic carbocycles. The molecule has 1 atom stereocenters. The number of nitrogens with zero attached hydrogens (tertiary/aromatic N) is 3. The van der Waals surface area contributed by atoms with Crippen molar-refractivity contribution >= 4 is 33.2 Å². The molecule has 4 rings (SSSR count). The monoisotopic (exact) mass is 622 g/mol. The van der Waals surface area contributed by atoms with E-state index >= 15 is 0 Å². The quantitative estimate of drug-likeness (QED) is 0.222. The average Bonchev–Trinajstić information content (AvgIpc) is 3.03. The zero-order valence-corrected chi connectivity index (χ0v) is 26.0. The summed E-state index contributed by atoms with van der Waals surface area (Å²) >= 11 is 0. The molecule has 12 heteroatoms. The van der Waals surface area contributed by atoms with Crippen LogP contribution in [0.25, 0.3) is 0 Å². The minimum atomic E-state index is -4.48. The van der Waals surface area contributed by atoms with E-state index in [-0.39, 0.29) is 34.8 Å². The Bertz CT molecular complexity index is 1570. The number of nitro groups is 1. The lowest BCUT2D eigenvalue weighted by Crippen LogP contribution is -2.53. The van der Waals surface area contributed by atoms with Gasteiger partial charge in [-0.3, -0.25) is 24.0 Å². The molecule has 0 radical (unpaired) electrons. The number of benzene rings is 3. The summed E-state index contributed by atoms with van der Waals surface area (Å²) in [5.41, 5.74) is 0.867. The van der Waals surface area contributed by atoms with Crippen molar-refractivity contribution in [3.05, 3.63) is 94.0 Å². The third-order valence-corrected chi connectivity index (χ3v) is 9.69. The molecule has 0 aromatic heterocycles. The van der Waals surface area contributed by atoms with E-state index in [0.29, 0.717) is 11.3 Å². The van der Waals surface area contributed by atoms with Crippen molar-refractivity contribution in [2.75, 3.05) is 18.0 Å². The Morgan fingerprint density at radius 1 is 1.02 bits per heavy atom. The second-order valence-corrected chi connectivity index (χ2v) is 12.8. The fraction of sp³-hybridized carbons (Fsp3) is 0.375. The van der Waals surface area contributed by atoms with Gasteiger partial charge in [-0.2, -0.15) is 0 Å². The van der Waals surface area contributed by atoms with E-state index in [1.807, 2.05) is 30.3 Å². The molecule has 1 fully saturated rings. The predicted octanol–water partition coefficient (Wildman–Crippen LogP) is 4.97. The fourth-order valence-electron chi connectivity index (χ4n) is 5.28. The van der Waals surface area contributed by atoms with Crippen LogP contribution in [0.15, 0.2) is 77.7 Å². The number of carbonyl (C=O) groups is 2. The van der Waals surface area contributed by atoms with Crippen LogP contribution in [0, 0.1) is 17.0 Å². The lowest BCUT2D eigenvalue weighted by atomic mass is 9.95. The van der Waals surface area contributed by atoms with Gasteiger partial charge in [-0.05, 0) is 62.6 Å². The van der Waals surface area contributed by atoms with Crippen LogP contribution in [-0.4, -0.2) is 55.8 Å². The summed E-state index contributed by atoms with van der Waals surface area (Å²) in [6.07, 6.45) is 4.92. The van der Waals surface area contributed by atoms with Crippen molar-refractivity contribution < 1.29 is 27.7 Å². The number of sulfonamides is 1. The normalized spacial score (nSPS) is 14.3. The smallest absolute Gasteiger partial charge is 0.273 e. The molecule has 3 aromatic carbocycles. The molecule has 0 unspecified atom stereocenters. The maximum atomic E-state index is 14.1.